The van der Waals surface area contributed by atoms with Gasteiger partial charge in [-0.1, -0.05) is 267 Å². The van der Waals surface area contributed by atoms with Crippen molar-refractivity contribution in [3.8, 4) is 125 Å². The van der Waals surface area contributed by atoms with Gasteiger partial charge < -0.3 is 14.5 Å². The first-order valence-electron chi connectivity index (χ1n) is 37.2. The van der Waals surface area contributed by atoms with E-state index in [4.69, 9.17) is 44.0 Å². The van der Waals surface area contributed by atoms with Gasteiger partial charge in [0.2, 0.25) is 11.8 Å². The van der Waals surface area contributed by atoms with Crippen LogP contribution >= 0.6 is 34.0 Å². The molecule has 22 aromatic rings. The Kier molecular flexibility index (Phi) is 14.7. The van der Waals surface area contributed by atoms with E-state index < -0.39 is 6.23 Å². The molecule has 1 atom stereocenters. The van der Waals surface area contributed by atoms with E-state index in [-0.39, 0.29) is 0 Å². The quantitative estimate of drug-likeness (QED) is 0.126. The van der Waals surface area contributed by atoms with Crippen LogP contribution in [-0.2, 0) is 0 Å². The maximum Gasteiger partial charge on any atom is 0.238 e. The highest BCUT2D eigenvalue weighted by Gasteiger charge is 2.31. The van der Waals surface area contributed by atoms with Crippen molar-refractivity contribution in [3.05, 3.63) is 339 Å². The summed E-state index contributed by atoms with van der Waals surface area (Å²) in [4.78, 5) is 37.6. The summed E-state index contributed by atoms with van der Waals surface area (Å²) < 4.78 is 22.3. The lowest BCUT2D eigenvalue weighted by atomic mass is 9.95. The smallest absolute Gasteiger partial charge is 0.238 e. The lowest BCUT2D eigenvalue weighted by Crippen LogP contribution is -2.11. The van der Waals surface area contributed by atoms with Gasteiger partial charge in [-0.15, -0.1) is 34.0 Å². The van der Waals surface area contributed by atoms with E-state index >= 15 is 0 Å². The Morgan fingerprint density at radius 1 is 0.295 bits per heavy atom. The number of fused-ring (bicyclic) bond motifs is 14. The summed E-state index contributed by atoms with van der Waals surface area (Å²) >= 11 is 5.25. The van der Waals surface area contributed by atoms with Crippen molar-refractivity contribution in [1.82, 2.24) is 39.5 Å². The minimum absolute atomic E-state index is 0.405. The molecule has 1 N–H and O–H groups in total. The Balaban J connectivity index is 0.622. The summed E-state index contributed by atoms with van der Waals surface area (Å²) in [5, 5.41) is 12.7. The molecule has 0 saturated heterocycles. The summed E-state index contributed by atoms with van der Waals surface area (Å²) in [6.45, 7) is 0. The van der Waals surface area contributed by atoms with Gasteiger partial charge in [0.05, 0.1) is 22.3 Å². The molecular formula is C98H57N9O2S3. The fourth-order valence-corrected chi connectivity index (χ4v) is 20.4. The van der Waals surface area contributed by atoms with Gasteiger partial charge in [-0.25, -0.2) is 24.9 Å². The third kappa shape index (κ3) is 10.5. The molecule has 7 aromatic heterocycles. The molecule has 0 spiro atoms. The third-order valence-corrected chi connectivity index (χ3v) is 25.5. The predicted molar refractivity (Wildman–Crippen MR) is 462 cm³/mol. The fraction of sp³-hybridized carbons (Fsp3) is 0.0102. The lowest BCUT2D eigenvalue weighted by molar-refractivity contribution is 0.262. The van der Waals surface area contributed by atoms with Crippen molar-refractivity contribution in [2.45, 2.75) is 6.23 Å². The van der Waals surface area contributed by atoms with Crippen LogP contribution in [-0.4, -0.2) is 39.5 Å². The van der Waals surface area contributed by atoms with Crippen molar-refractivity contribution >= 4 is 133 Å². The minimum Gasteiger partial charge on any atom is -0.464 e. The summed E-state index contributed by atoms with van der Waals surface area (Å²) in [6.07, 6.45) is -0.405. The standard InChI is InChI=1S/C98H57N9O2S3/c1-5-22-56(23-6-1)62-47-53-80-76(54-62)66-30-13-16-39-79(66)107(80)98-105-92(61-28-11-4-12-29-61)103-95(106-98)75-36-21-33-70-72-52-50-65(85(90(72)112-88(70)75)97-100-78-38-15-18-41-82(78)109-97)59-44-42-57(43-45-59)63-46-48-67-68-31-19-34-73(86(68)110-83(67)55-63)93-101-91(60-26-9-3-10-27-60)102-94(104-93)74-35-20-32-69-71-51-49-64(58-24-7-2-8-25-58)84(89(71)111-87(69)74)96-99-77-37-14-17-40-81(77)108-96/h1-55,96,99H. The van der Waals surface area contributed by atoms with Gasteiger partial charge in [-0.05, 0) is 111 Å². The van der Waals surface area contributed by atoms with E-state index in [9.17, 15) is 0 Å². The van der Waals surface area contributed by atoms with Crippen molar-refractivity contribution in [3.63, 3.8) is 0 Å². The van der Waals surface area contributed by atoms with Gasteiger partial charge in [-0.2, -0.15) is 9.97 Å². The van der Waals surface area contributed by atoms with E-state index in [2.05, 4.69) is 265 Å². The number of anilines is 1. The minimum atomic E-state index is -0.405. The highest BCUT2D eigenvalue weighted by Crippen LogP contribution is 2.52. The second-order valence-corrected chi connectivity index (χ2v) is 31.3. The highest BCUT2D eigenvalue weighted by atomic mass is 32.1. The van der Waals surface area contributed by atoms with E-state index in [0.717, 1.165) is 183 Å². The van der Waals surface area contributed by atoms with E-state index in [1.165, 1.54) is 5.39 Å². The van der Waals surface area contributed by atoms with E-state index in [0.29, 0.717) is 41.0 Å². The van der Waals surface area contributed by atoms with Crippen LogP contribution in [0.3, 0.4) is 0 Å². The van der Waals surface area contributed by atoms with Crippen LogP contribution < -0.4 is 10.1 Å². The molecule has 524 valence electrons. The molecule has 0 aliphatic carbocycles. The number of rotatable bonds is 12. The van der Waals surface area contributed by atoms with Crippen LogP contribution in [0.15, 0.2) is 338 Å². The Labute approximate surface area is 652 Å². The van der Waals surface area contributed by atoms with Crippen molar-refractivity contribution in [1.29, 1.82) is 0 Å². The number of oxazole rings is 1. The Morgan fingerprint density at radius 2 is 0.768 bits per heavy atom. The Hall–Kier alpha value is -14.2. The zero-order chi connectivity index (χ0) is 73.5. The molecule has 14 heteroatoms. The first-order chi connectivity index (χ1) is 55.5. The molecule has 0 fully saturated rings. The van der Waals surface area contributed by atoms with Crippen molar-refractivity contribution in [2.24, 2.45) is 0 Å². The summed E-state index contributed by atoms with van der Waals surface area (Å²) in [7, 11) is 0. The maximum absolute atomic E-state index is 6.82. The molecule has 1 aliphatic heterocycles. The molecule has 11 nitrogen and oxygen atoms in total. The number of ether oxygens (including phenoxy) is 1. The molecule has 0 amide bonds. The Morgan fingerprint density at radius 3 is 1.46 bits per heavy atom. The van der Waals surface area contributed by atoms with Gasteiger partial charge >= 0.3 is 0 Å². The lowest BCUT2D eigenvalue weighted by Gasteiger charge is -2.18. The number of nitrogens with one attached hydrogen (secondary N) is 1. The molecule has 1 aliphatic rings. The summed E-state index contributed by atoms with van der Waals surface area (Å²) in [5.41, 5.74) is 19.9. The van der Waals surface area contributed by atoms with Gasteiger partial charge in [0.1, 0.15) is 11.3 Å². The van der Waals surface area contributed by atoms with Crippen LogP contribution in [0.1, 0.15) is 11.8 Å². The van der Waals surface area contributed by atoms with Crippen molar-refractivity contribution < 1.29 is 9.15 Å². The monoisotopic (exact) mass is 1490 g/mol. The second kappa shape index (κ2) is 25.8. The molecule has 23 rings (SSSR count). The highest BCUT2D eigenvalue weighted by molar-refractivity contribution is 7.27. The maximum atomic E-state index is 6.82. The van der Waals surface area contributed by atoms with Crippen molar-refractivity contribution in [2.75, 3.05) is 5.32 Å². The number of thiophene rings is 3. The number of hydrogen-bond donors (Lipinski definition) is 1. The number of benzene rings is 15. The predicted octanol–water partition coefficient (Wildman–Crippen LogP) is 26.6. The van der Waals surface area contributed by atoms with E-state index in [1.807, 2.05) is 78.9 Å². The first-order valence-corrected chi connectivity index (χ1v) is 39.6. The normalized spacial score (nSPS) is 12.9. The van der Waals surface area contributed by atoms with Gasteiger partial charge in [0, 0.05) is 105 Å². The number of hydrogen-bond acceptors (Lipinski definition) is 13. The zero-order valence-corrected chi connectivity index (χ0v) is 61.9. The van der Waals surface area contributed by atoms with Crippen LogP contribution in [0, 0.1) is 0 Å². The number of aromatic nitrogens is 8. The average Bonchev–Trinajstić information content (AvgIpc) is 1.56. The Bertz CT molecular complexity index is 7530. The zero-order valence-electron chi connectivity index (χ0n) is 59.5. The van der Waals surface area contributed by atoms with Gasteiger partial charge in [0.15, 0.2) is 40.9 Å². The van der Waals surface area contributed by atoms with Crippen LogP contribution in [0.4, 0.5) is 5.69 Å². The molecule has 1 unspecified atom stereocenters. The topological polar surface area (TPSA) is 130 Å². The molecule has 8 heterocycles. The fourth-order valence-electron chi connectivity index (χ4n) is 16.4. The summed E-state index contributed by atoms with van der Waals surface area (Å²) in [6, 6.07) is 117. The SMILES string of the molecule is c1ccc(-c2ccc3c(c2)c2ccccc2n3-c2nc(-c3ccccc3)nc(-c3cccc4c3sc3c(-c5nc6ccccc6o5)c(-c5ccc(-c6ccc7c(c6)sc6c(-c8nc(-c9ccccc9)nc(-c9cccc%10c9sc9c(C%11Nc%12ccccc%12O%11)c(-c%11ccccc%11)ccc9%10)n8)cccc67)cc5)ccc34)n2)cc1. The first kappa shape index (κ1) is 63.9. The van der Waals surface area contributed by atoms with E-state index in [1.54, 1.807) is 34.0 Å². The number of nitrogens with zero attached hydrogens (tertiary/aromatic N) is 8. The van der Waals surface area contributed by atoms with Crippen LogP contribution in [0.5, 0.6) is 5.75 Å². The molecule has 0 saturated carbocycles. The van der Waals surface area contributed by atoms with Crippen LogP contribution in [0.2, 0.25) is 0 Å². The molecule has 15 aromatic carbocycles. The van der Waals surface area contributed by atoms with Gasteiger partial charge in [-0.3, -0.25) is 4.57 Å². The largest absolute Gasteiger partial charge is 0.464 e. The average molecular weight is 1490 g/mol. The molecule has 112 heavy (non-hydrogen) atoms. The van der Waals surface area contributed by atoms with Crippen LogP contribution in [0.25, 0.3) is 212 Å². The molecule has 0 radical (unpaired) electrons. The summed E-state index contributed by atoms with van der Waals surface area (Å²) in [5.74, 6) is 4.89. The number of para-hydroxylation sites is 5. The molecule has 0 bridgehead atoms. The second-order valence-electron chi connectivity index (χ2n) is 28.2. The molecular weight excluding hydrogens is 1430 g/mol. The van der Waals surface area contributed by atoms with Gasteiger partial charge in [0.25, 0.3) is 0 Å². The third-order valence-electron chi connectivity index (χ3n) is 21.7.